The molecule has 0 radical (unpaired) electrons. The number of aromatic nitrogens is 1. The molecular formula is C17H13N3O2. The second-order valence-corrected chi connectivity index (χ2v) is 4.66. The van der Waals surface area contributed by atoms with Gasteiger partial charge in [0.15, 0.2) is 0 Å². The quantitative estimate of drug-likeness (QED) is 0.571. The second kappa shape index (κ2) is 6.05. The highest BCUT2D eigenvalue weighted by Gasteiger charge is 2.15. The third-order valence-corrected chi connectivity index (χ3v) is 3.25. The van der Waals surface area contributed by atoms with Crippen LogP contribution in [0.3, 0.4) is 0 Å². The van der Waals surface area contributed by atoms with Gasteiger partial charge in [0.2, 0.25) is 5.82 Å². The molecule has 1 N–H and O–H groups in total. The zero-order valence-electron chi connectivity index (χ0n) is 11.6. The lowest BCUT2D eigenvalue weighted by molar-refractivity contribution is -0.384. The Morgan fingerprint density at radius 1 is 0.909 bits per heavy atom. The fraction of sp³-hybridized carbons (Fsp3) is 0. The highest BCUT2D eigenvalue weighted by molar-refractivity contribution is 5.81. The van der Waals surface area contributed by atoms with Gasteiger partial charge in [-0.1, -0.05) is 48.5 Å². The number of hydrogen-bond acceptors (Lipinski definition) is 4. The van der Waals surface area contributed by atoms with Crippen molar-refractivity contribution in [2.45, 2.75) is 0 Å². The van der Waals surface area contributed by atoms with Crippen LogP contribution in [0.4, 0.5) is 17.2 Å². The van der Waals surface area contributed by atoms with Gasteiger partial charge in [0.05, 0.1) is 4.92 Å². The first kappa shape index (κ1) is 13.8. The van der Waals surface area contributed by atoms with Gasteiger partial charge < -0.3 is 5.32 Å². The smallest absolute Gasteiger partial charge is 0.311 e. The SMILES string of the molecule is O=[N+]([O-])c1cccnc1Nc1ccccc1-c1ccccc1. The highest BCUT2D eigenvalue weighted by Crippen LogP contribution is 2.32. The second-order valence-electron chi connectivity index (χ2n) is 4.66. The minimum Gasteiger partial charge on any atom is -0.334 e. The monoisotopic (exact) mass is 291 g/mol. The molecule has 22 heavy (non-hydrogen) atoms. The lowest BCUT2D eigenvalue weighted by atomic mass is 10.0. The van der Waals surface area contributed by atoms with E-state index in [1.807, 2.05) is 54.6 Å². The Morgan fingerprint density at radius 2 is 1.64 bits per heavy atom. The molecule has 5 heteroatoms. The molecule has 0 saturated carbocycles. The predicted molar refractivity (Wildman–Crippen MR) is 86.1 cm³/mol. The van der Waals surface area contributed by atoms with E-state index in [9.17, 15) is 10.1 Å². The van der Waals surface area contributed by atoms with Gasteiger partial charge in [-0.3, -0.25) is 10.1 Å². The van der Waals surface area contributed by atoms with Crippen molar-refractivity contribution in [3.8, 4) is 11.1 Å². The van der Waals surface area contributed by atoms with Gasteiger partial charge in [0.25, 0.3) is 0 Å². The van der Waals surface area contributed by atoms with E-state index >= 15 is 0 Å². The van der Waals surface area contributed by atoms with Crippen LogP contribution < -0.4 is 5.32 Å². The Morgan fingerprint density at radius 3 is 2.41 bits per heavy atom. The zero-order chi connectivity index (χ0) is 15.4. The fourth-order valence-corrected chi connectivity index (χ4v) is 2.23. The number of anilines is 2. The summed E-state index contributed by atoms with van der Waals surface area (Å²) in [5.74, 6) is 0.232. The Kier molecular flexibility index (Phi) is 3.78. The van der Waals surface area contributed by atoms with Crippen molar-refractivity contribution in [1.82, 2.24) is 4.98 Å². The van der Waals surface area contributed by atoms with Gasteiger partial charge in [-0.15, -0.1) is 0 Å². The molecule has 0 unspecified atom stereocenters. The first-order valence-electron chi connectivity index (χ1n) is 6.76. The molecule has 2 aromatic carbocycles. The average molecular weight is 291 g/mol. The van der Waals surface area contributed by atoms with Gasteiger partial charge in [0, 0.05) is 23.5 Å². The van der Waals surface area contributed by atoms with Gasteiger partial charge in [0.1, 0.15) is 0 Å². The lowest BCUT2D eigenvalue weighted by Gasteiger charge is -2.11. The molecule has 3 rings (SSSR count). The molecule has 0 aliphatic carbocycles. The highest BCUT2D eigenvalue weighted by atomic mass is 16.6. The minimum atomic E-state index is -0.444. The summed E-state index contributed by atoms with van der Waals surface area (Å²) in [6.07, 6.45) is 1.53. The number of nitrogens with one attached hydrogen (secondary N) is 1. The van der Waals surface area contributed by atoms with Crippen LogP contribution in [-0.4, -0.2) is 9.91 Å². The van der Waals surface area contributed by atoms with Crippen molar-refractivity contribution in [1.29, 1.82) is 0 Å². The zero-order valence-corrected chi connectivity index (χ0v) is 11.6. The van der Waals surface area contributed by atoms with E-state index < -0.39 is 4.92 Å². The molecule has 0 atom stereocenters. The third-order valence-electron chi connectivity index (χ3n) is 3.25. The average Bonchev–Trinajstić information content (AvgIpc) is 2.56. The van der Waals surface area contributed by atoms with Gasteiger partial charge in [-0.25, -0.2) is 4.98 Å². The number of nitrogens with zero attached hydrogens (tertiary/aromatic N) is 2. The molecule has 0 aliphatic heterocycles. The molecule has 0 saturated heterocycles. The van der Waals surface area contributed by atoms with Crippen molar-refractivity contribution in [2.24, 2.45) is 0 Å². The van der Waals surface area contributed by atoms with Crippen LogP contribution in [0.2, 0.25) is 0 Å². The number of nitro groups is 1. The van der Waals surface area contributed by atoms with Crippen LogP contribution in [0.25, 0.3) is 11.1 Å². The topological polar surface area (TPSA) is 68.1 Å². The molecule has 0 aliphatic rings. The normalized spacial score (nSPS) is 10.2. The van der Waals surface area contributed by atoms with Gasteiger partial charge >= 0.3 is 5.69 Å². The minimum absolute atomic E-state index is 0.0506. The van der Waals surface area contributed by atoms with E-state index in [1.165, 1.54) is 12.3 Å². The van der Waals surface area contributed by atoms with E-state index in [2.05, 4.69) is 10.3 Å². The van der Waals surface area contributed by atoms with Crippen LogP contribution in [0.1, 0.15) is 0 Å². The maximum absolute atomic E-state index is 11.1. The van der Waals surface area contributed by atoms with E-state index in [0.29, 0.717) is 0 Å². The molecule has 0 bridgehead atoms. The van der Waals surface area contributed by atoms with E-state index in [-0.39, 0.29) is 11.5 Å². The number of para-hydroxylation sites is 1. The standard InChI is InChI=1S/C17H13N3O2/c21-20(22)16-11-6-12-18-17(16)19-15-10-5-4-9-14(15)13-7-2-1-3-8-13/h1-12H,(H,18,19). The van der Waals surface area contributed by atoms with Crippen LogP contribution in [0.15, 0.2) is 72.9 Å². The van der Waals surface area contributed by atoms with E-state index in [4.69, 9.17) is 0 Å². The Labute approximate surface area is 127 Å². The number of hydrogen-bond donors (Lipinski definition) is 1. The van der Waals surface area contributed by atoms with Crippen LogP contribution >= 0.6 is 0 Å². The van der Waals surface area contributed by atoms with Crippen molar-refractivity contribution in [2.75, 3.05) is 5.32 Å². The Hall–Kier alpha value is -3.21. The number of rotatable bonds is 4. The molecular weight excluding hydrogens is 278 g/mol. The molecule has 0 spiro atoms. The summed E-state index contributed by atoms with van der Waals surface area (Å²) in [6.45, 7) is 0. The van der Waals surface area contributed by atoms with Crippen molar-refractivity contribution >= 4 is 17.2 Å². The summed E-state index contributed by atoms with van der Waals surface area (Å²) in [7, 11) is 0. The van der Waals surface area contributed by atoms with Crippen LogP contribution in [0, 0.1) is 10.1 Å². The number of pyridine rings is 1. The Bertz CT molecular complexity index is 804. The van der Waals surface area contributed by atoms with E-state index in [0.717, 1.165) is 16.8 Å². The largest absolute Gasteiger partial charge is 0.334 e. The molecule has 0 fully saturated rings. The first-order valence-corrected chi connectivity index (χ1v) is 6.76. The van der Waals surface area contributed by atoms with Crippen LogP contribution in [0.5, 0.6) is 0 Å². The van der Waals surface area contributed by atoms with Crippen molar-refractivity contribution in [3.63, 3.8) is 0 Å². The summed E-state index contributed by atoms with van der Waals surface area (Å²) >= 11 is 0. The molecule has 108 valence electrons. The van der Waals surface area contributed by atoms with Gasteiger partial charge in [-0.2, -0.15) is 0 Å². The lowest BCUT2D eigenvalue weighted by Crippen LogP contribution is -2.00. The van der Waals surface area contributed by atoms with E-state index in [1.54, 1.807) is 6.07 Å². The van der Waals surface area contributed by atoms with Crippen molar-refractivity contribution in [3.05, 3.63) is 83.0 Å². The Balaban J connectivity index is 2.03. The fourth-order valence-electron chi connectivity index (χ4n) is 2.23. The molecule has 5 nitrogen and oxygen atoms in total. The molecule has 1 heterocycles. The van der Waals surface area contributed by atoms with Crippen LogP contribution in [-0.2, 0) is 0 Å². The summed E-state index contributed by atoms with van der Waals surface area (Å²) in [5, 5.41) is 14.2. The summed E-state index contributed by atoms with van der Waals surface area (Å²) < 4.78 is 0. The predicted octanol–water partition coefficient (Wildman–Crippen LogP) is 4.40. The summed E-state index contributed by atoms with van der Waals surface area (Å²) in [4.78, 5) is 14.7. The molecule has 3 aromatic rings. The maximum Gasteiger partial charge on any atom is 0.311 e. The molecule has 0 amide bonds. The molecule has 1 aromatic heterocycles. The number of benzene rings is 2. The van der Waals surface area contributed by atoms with Crippen molar-refractivity contribution < 1.29 is 4.92 Å². The summed E-state index contributed by atoms with van der Waals surface area (Å²) in [5.41, 5.74) is 2.72. The summed E-state index contributed by atoms with van der Waals surface area (Å²) in [6, 6.07) is 20.5. The maximum atomic E-state index is 11.1. The third kappa shape index (κ3) is 2.78. The first-order chi connectivity index (χ1) is 10.8. The van der Waals surface area contributed by atoms with Gasteiger partial charge in [-0.05, 0) is 17.7 Å².